The van der Waals surface area contributed by atoms with Gasteiger partial charge >= 0.3 is 0 Å². The molecule has 2 aromatic rings. The monoisotopic (exact) mass is 280 g/mol. The highest BCUT2D eigenvalue weighted by atomic mass is 32.1. The second-order valence-electron chi connectivity index (χ2n) is 4.39. The lowest BCUT2D eigenvalue weighted by Crippen LogP contribution is -2.21. The Morgan fingerprint density at radius 2 is 2.32 bits per heavy atom. The van der Waals surface area contributed by atoms with E-state index in [-0.39, 0.29) is 17.6 Å². The van der Waals surface area contributed by atoms with Crippen molar-refractivity contribution in [1.82, 2.24) is 4.98 Å². The van der Waals surface area contributed by atoms with E-state index in [1.54, 1.807) is 17.8 Å². The summed E-state index contributed by atoms with van der Waals surface area (Å²) in [5.41, 5.74) is 8.48. The molecule has 5 heteroatoms. The molecule has 2 rings (SSSR count). The number of hydrogen-bond donors (Lipinski definition) is 1. The zero-order valence-electron chi connectivity index (χ0n) is 10.8. The maximum atomic E-state index is 13.9. The molecule has 0 amide bonds. The fourth-order valence-electron chi connectivity index (χ4n) is 1.70. The van der Waals surface area contributed by atoms with E-state index < -0.39 is 0 Å². The highest BCUT2D eigenvalue weighted by Gasteiger charge is 2.08. The van der Waals surface area contributed by atoms with Gasteiger partial charge in [-0.05, 0) is 30.5 Å². The molecule has 0 aliphatic rings. The topological polar surface area (TPSA) is 48.1 Å². The molecule has 1 heterocycles. The van der Waals surface area contributed by atoms with Gasteiger partial charge in [0, 0.05) is 12.2 Å². The van der Waals surface area contributed by atoms with Gasteiger partial charge in [-0.3, -0.25) is 4.98 Å². The first-order valence-corrected chi connectivity index (χ1v) is 7.11. The minimum atomic E-state index is -0.342. The molecule has 1 aromatic heterocycles. The first-order valence-electron chi connectivity index (χ1n) is 6.23. The van der Waals surface area contributed by atoms with Crippen LogP contribution in [0.2, 0.25) is 0 Å². The Morgan fingerprint density at radius 3 is 2.95 bits per heavy atom. The summed E-state index contributed by atoms with van der Waals surface area (Å²) in [5, 5.41) is 0. The summed E-state index contributed by atoms with van der Waals surface area (Å²) in [6.07, 6.45) is 3.28. The smallest absolute Gasteiger partial charge is 0.165 e. The third-order valence-electron chi connectivity index (χ3n) is 2.87. The van der Waals surface area contributed by atoms with E-state index in [0.29, 0.717) is 13.0 Å². The van der Waals surface area contributed by atoms with Gasteiger partial charge in [0.25, 0.3) is 0 Å². The number of hydrogen-bond acceptors (Lipinski definition) is 4. The lowest BCUT2D eigenvalue weighted by atomic mass is 10.0. The van der Waals surface area contributed by atoms with E-state index in [1.807, 2.05) is 13.0 Å². The summed E-state index contributed by atoms with van der Waals surface area (Å²) in [6, 6.07) is 5.09. The zero-order chi connectivity index (χ0) is 13.7. The van der Waals surface area contributed by atoms with Gasteiger partial charge in [-0.15, -0.1) is 11.3 Å². The van der Waals surface area contributed by atoms with Crippen LogP contribution < -0.4 is 10.5 Å². The quantitative estimate of drug-likeness (QED) is 0.884. The predicted octanol–water partition coefficient (Wildman–Crippen LogP) is 3.14. The van der Waals surface area contributed by atoms with Crippen LogP contribution in [0.4, 0.5) is 4.39 Å². The number of rotatable bonds is 6. The Bertz CT molecular complexity index is 516. The van der Waals surface area contributed by atoms with E-state index in [2.05, 4.69) is 4.98 Å². The Kier molecular flexibility index (Phi) is 4.87. The van der Waals surface area contributed by atoms with Crippen molar-refractivity contribution < 1.29 is 9.13 Å². The molecule has 0 aliphatic carbocycles. The van der Waals surface area contributed by atoms with Crippen LogP contribution in [0.5, 0.6) is 5.75 Å². The first kappa shape index (κ1) is 14.0. The maximum absolute atomic E-state index is 13.9. The van der Waals surface area contributed by atoms with Crippen molar-refractivity contribution in [1.29, 1.82) is 0 Å². The minimum absolute atomic E-state index is 0.0726. The molecule has 0 saturated heterocycles. The molecule has 0 fully saturated rings. The number of ether oxygens (including phenoxy) is 1. The van der Waals surface area contributed by atoms with Crippen LogP contribution in [-0.2, 0) is 13.0 Å². The molecule has 0 spiro atoms. The van der Waals surface area contributed by atoms with Gasteiger partial charge in [-0.2, -0.15) is 0 Å². The van der Waals surface area contributed by atoms with Crippen molar-refractivity contribution >= 4 is 11.3 Å². The van der Waals surface area contributed by atoms with Crippen LogP contribution in [-0.4, -0.2) is 11.0 Å². The van der Waals surface area contributed by atoms with Crippen molar-refractivity contribution in [3.05, 3.63) is 46.2 Å². The maximum Gasteiger partial charge on any atom is 0.165 e. The third kappa shape index (κ3) is 4.01. The first-order chi connectivity index (χ1) is 9.19. The van der Waals surface area contributed by atoms with Gasteiger partial charge in [0.1, 0.15) is 6.61 Å². The van der Waals surface area contributed by atoms with Crippen LogP contribution in [0.3, 0.4) is 0 Å². The molecule has 1 aromatic carbocycles. The SMILES string of the molecule is CCC(N)Cc1ccc(OCc2cncs2)c(F)c1. The van der Waals surface area contributed by atoms with Gasteiger partial charge in [0.05, 0.1) is 10.4 Å². The summed E-state index contributed by atoms with van der Waals surface area (Å²) in [7, 11) is 0. The van der Waals surface area contributed by atoms with Crippen molar-refractivity contribution in [2.75, 3.05) is 0 Å². The van der Waals surface area contributed by atoms with Crippen molar-refractivity contribution in [2.45, 2.75) is 32.4 Å². The Balaban J connectivity index is 1.98. The van der Waals surface area contributed by atoms with E-state index in [4.69, 9.17) is 10.5 Å². The molecular weight excluding hydrogens is 263 g/mol. The average molecular weight is 280 g/mol. The van der Waals surface area contributed by atoms with Gasteiger partial charge < -0.3 is 10.5 Å². The van der Waals surface area contributed by atoms with Gasteiger partial charge in [0.2, 0.25) is 0 Å². The number of halogens is 1. The Hall–Kier alpha value is -1.46. The summed E-state index contributed by atoms with van der Waals surface area (Å²) in [4.78, 5) is 4.91. The van der Waals surface area contributed by atoms with Crippen molar-refractivity contribution in [3.8, 4) is 5.75 Å². The molecule has 3 nitrogen and oxygen atoms in total. The van der Waals surface area contributed by atoms with Crippen molar-refractivity contribution in [3.63, 3.8) is 0 Å². The summed E-state index contributed by atoms with van der Waals surface area (Å²) in [6.45, 7) is 2.36. The normalized spacial score (nSPS) is 12.4. The average Bonchev–Trinajstić information content (AvgIpc) is 2.91. The molecule has 2 N–H and O–H groups in total. The van der Waals surface area contributed by atoms with E-state index in [9.17, 15) is 4.39 Å². The number of aromatic nitrogens is 1. The highest BCUT2D eigenvalue weighted by Crippen LogP contribution is 2.21. The Labute approximate surface area is 116 Å². The van der Waals surface area contributed by atoms with Gasteiger partial charge in [0.15, 0.2) is 11.6 Å². The van der Waals surface area contributed by atoms with E-state index in [0.717, 1.165) is 16.9 Å². The number of thiazole rings is 1. The number of nitrogens with two attached hydrogens (primary N) is 1. The standard InChI is InChI=1S/C14H17FN2OS/c1-2-11(16)5-10-3-4-14(13(15)6-10)18-8-12-7-17-9-19-12/h3-4,6-7,9,11H,2,5,8,16H2,1H3. The predicted molar refractivity (Wildman–Crippen MR) is 74.8 cm³/mol. The van der Waals surface area contributed by atoms with Gasteiger partial charge in [-0.1, -0.05) is 13.0 Å². The molecule has 1 unspecified atom stereocenters. The number of benzene rings is 1. The van der Waals surface area contributed by atoms with E-state index >= 15 is 0 Å². The Morgan fingerprint density at radius 1 is 1.47 bits per heavy atom. The largest absolute Gasteiger partial charge is 0.485 e. The van der Waals surface area contributed by atoms with Crippen LogP contribution >= 0.6 is 11.3 Å². The molecule has 102 valence electrons. The second-order valence-corrected chi connectivity index (χ2v) is 5.36. The van der Waals surface area contributed by atoms with Crippen LogP contribution in [0.25, 0.3) is 0 Å². The fourth-order valence-corrected chi connectivity index (χ4v) is 2.20. The minimum Gasteiger partial charge on any atom is -0.485 e. The van der Waals surface area contributed by atoms with Crippen LogP contribution in [0.1, 0.15) is 23.8 Å². The number of nitrogens with zero attached hydrogens (tertiary/aromatic N) is 1. The molecular formula is C14H17FN2OS. The van der Waals surface area contributed by atoms with E-state index in [1.165, 1.54) is 17.4 Å². The van der Waals surface area contributed by atoms with Gasteiger partial charge in [-0.25, -0.2) is 4.39 Å². The molecule has 0 saturated carbocycles. The van der Waals surface area contributed by atoms with Crippen LogP contribution in [0.15, 0.2) is 29.9 Å². The summed E-state index contributed by atoms with van der Waals surface area (Å²) in [5.74, 6) is -0.0764. The lowest BCUT2D eigenvalue weighted by molar-refractivity contribution is 0.293. The molecule has 0 bridgehead atoms. The third-order valence-corrected chi connectivity index (χ3v) is 3.63. The molecule has 0 radical (unpaired) electrons. The van der Waals surface area contributed by atoms with Crippen LogP contribution in [0, 0.1) is 5.82 Å². The summed E-state index contributed by atoms with van der Waals surface area (Å²) < 4.78 is 19.3. The molecule has 19 heavy (non-hydrogen) atoms. The second kappa shape index (κ2) is 6.63. The lowest BCUT2D eigenvalue weighted by Gasteiger charge is -2.10. The fraction of sp³-hybridized carbons (Fsp3) is 0.357. The summed E-state index contributed by atoms with van der Waals surface area (Å²) >= 11 is 1.49. The zero-order valence-corrected chi connectivity index (χ0v) is 11.6. The molecule has 1 atom stereocenters. The highest BCUT2D eigenvalue weighted by molar-refractivity contribution is 7.09. The van der Waals surface area contributed by atoms with Crippen molar-refractivity contribution in [2.24, 2.45) is 5.73 Å². The molecule has 0 aliphatic heterocycles.